The van der Waals surface area contributed by atoms with Crippen molar-refractivity contribution < 1.29 is 14.7 Å². The monoisotopic (exact) mass is 211 g/mol. The number of carboxylic acids is 1. The number of hydrogen-bond donors (Lipinski definition) is 1. The zero-order chi connectivity index (χ0) is 10.8. The van der Waals surface area contributed by atoms with E-state index in [-0.39, 0.29) is 18.2 Å². The molecular formula is C11H17NO3. The van der Waals surface area contributed by atoms with Crippen LogP contribution in [0.3, 0.4) is 0 Å². The maximum atomic E-state index is 11.9. The van der Waals surface area contributed by atoms with Crippen molar-refractivity contribution in [2.45, 2.75) is 44.6 Å². The fraction of sp³-hybridized carbons (Fsp3) is 0.818. The molecule has 1 amide bonds. The molecule has 4 nitrogen and oxygen atoms in total. The van der Waals surface area contributed by atoms with Crippen LogP contribution < -0.4 is 0 Å². The zero-order valence-electron chi connectivity index (χ0n) is 8.82. The van der Waals surface area contributed by atoms with Crippen LogP contribution in [0.25, 0.3) is 0 Å². The van der Waals surface area contributed by atoms with Crippen molar-refractivity contribution in [3.63, 3.8) is 0 Å². The van der Waals surface area contributed by atoms with Gasteiger partial charge in [-0.15, -0.1) is 0 Å². The Morgan fingerprint density at radius 1 is 1.40 bits per heavy atom. The molecule has 1 saturated heterocycles. The van der Waals surface area contributed by atoms with Crippen molar-refractivity contribution in [3.8, 4) is 0 Å². The Morgan fingerprint density at radius 2 is 2.13 bits per heavy atom. The minimum atomic E-state index is -0.801. The fourth-order valence-corrected chi connectivity index (χ4v) is 2.39. The zero-order valence-corrected chi connectivity index (χ0v) is 8.82. The molecule has 0 spiro atoms. The summed E-state index contributed by atoms with van der Waals surface area (Å²) >= 11 is 0. The Labute approximate surface area is 89.3 Å². The highest BCUT2D eigenvalue weighted by atomic mass is 16.4. The van der Waals surface area contributed by atoms with E-state index >= 15 is 0 Å². The number of amides is 1. The lowest BCUT2D eigenvalue weighted by atomic mass is 9.91. The number of likely N-dealkylation sites (tertiary alicyclic amines) is 1. The van der Waals surface area contributed by atoms with Crippen molar-refractivity contribution in [1.29, 1.82) is 0 Å². The van der Waals surface area contributed by atoms with Crippen molar-refractivity contribution in [3.05, 3.63) is 0 Å². The van der Waals surface area contributed by atoms with E-state index in [1.165, 1.54) is 6.42 Å². The molecule has 1 unspecified atom stereocenters. The third-order valence-corrected chi connectivity index (χ3v) is 3.57. The van der Waals surface area contributed by atoms with Gasteiger partial charge in [-0.1, -0.05) is 0 Å². The van der Waals surface area contributed by atoms with Gasteiger partial charge in [-0.3, -0.25) is 9.59 Å². The van der Waals surface area contributed by atoms with E-state index in [9.17, 15) is 9.59 Å². The molecule has 1 aliphatic heterocycles. The normalized spacial score (nSPS) is 26.8. The summed E-state index contributed by atoms with van der Waals surface area (Å²) < 4.78 is 0. The molecular weight excluding hydrogens is 194 g/mol. The van der Waals surface area contributed by atoms with E-state index in [2.05, 4.69) is 0 Å². The van der Waals surface area contributed by atoms with Gasteiger partial charge in [0.05, 0.1) is 0 Å². The maximum absolute atomic E-state index is 11.9. The van der Waals surface area contributed by atoms with Gasteiger partial charge in [0.15, 0.2) is 0 Å². The lowest BCUT2D eigenvalue weighted by Gasteiger charge is -2.34. The summed E-state index contributed by atoms with van der Waals surface area (Å²) in [5, 5.41) is 8.57. The molecule has 1 saturated carbocycles. The summed E-state index contributed by atoms with van der Waals surface area (Å²) in [6, 6.07) is 0.465. The minimum absolute atomic E-state index is 0.0262. The first kappa shape index (κ1) is 10.5. The molecule has 1 N–H and O–H groups in total. The van der Waals surface area contributed by atoms with E-state index in [0.29, 0.717) is 12.5 Å². The number of carbonyl (C=O) groups excluding carboxylic acids is 1. The van der Waals surface area contributed by atoms with Crippen molar-refractivity contribution in [1.82, 2.24) is 4.90 Å². The second-order valence-corrected chi connectivity index (χ2v) is 4.53. The molecule has 1 heterocycles. The van der Waals surface area contributed by atoms with Crippen LogP contribution in [0.5, 0.6) is 0 Å². The predicted molar refractivity (Wildman–Crippen MR) is 54.3 cm³/mol. The average Bonchev–Trinajstić information content (AvgIpc) is 2.43. The van der Waals surface area contributed by atoms with Crippen molar-refractivity contribution >= 4 is 11.9 Å². The highest BCUT2D eigenvalue weighted by molar-refractivity contribution is 5.81. The molecule has 15 heavy (non-hydrogen) atoms. The molecule has 0 radical (unpaired) electrons. The Balaban J connectivity index is 1.83. The molecule has 1 aliphatic carbocycles. The molecule has 2 rings (SSSR count). The smallest absolute Gasteiger partial charge is 0.303 e. The second kappa shape index (κ2) is 4.21. The van der Waals surface area contributed by atoms with Gasteiger partial charge in [-0.05, 0) is 32.1 Å². The molecule has 0 aromatic carbocycles. The first-order valence-corrected chi connectivity index (χ1v) is 5.71. The van der Waals surface area contributed by atoms with E-state index in [0.717, 1.165) is 25.8 Å². The lowest BCUT2D eigenvalue weighted by Crippen LogP contribution is -2.41. The molecule has 0 aromatic heterocycles. The van der Waals surface area contributed by atoms with E-state index in [4.69, 9.17) is 5.11 Å². The van der Waals surface area contributed by atoms with Gasteiger partial charge in [0.25, 0.3) is 0 Å². The first-order chi connectivity index (χ1) is 7.18. The van der Waals surface area contributed by atoms with Gasteiger partial charge in [0.1, 0.15) is 0 Å². The van der Waals surface area contributed by atoms with Gasteiger partial charge < -0.3 is 10.0 Å². The average molecular weight is 211 g/mol. The molecule has 0 bridgehead atoms. The summed E-state index contributed by atoms with van der Waals surface area (Å²) in [6.07, 6.45) is 4.98. The summed E-state index contributed by atoms with van der Waals surface area (Å²) in [5.74, 6) is -0.632. The number of rotatable bonds is 4. The second-order valence-electron chi connectivity index (χ2n) is 4.53. The molecule has 1 atom stereocenters. The Morgan fingerprint density at radius 3 is 2.67 bits per heavy atom. The number of hydrogen-bond acceptors (Lipinski definition) is 2. The number of carboxylic acid groups (broad SMARTS) is 1. The van der Waals surface area contributed by atoms with E-state index in [1.807, 2.05) is 4.90 Å². The lowest BCUT2D eigenvalue weighted by molar-refractivity contribution is -0.138. The van der Waals surface area contributed by atoms with Crippen LogP contribution in [-0.2, 0) is 9.59 Å². The van der Waals surface area contributed by atoms with Gasteiger partial charge in [0, 0.05) is 24.9 Å². The van der Waals surface area contributed by atoms with Gasteiger partial charge in [0.2, 0.25) is 5.91 Å². The third kappa shape index (κ3) is 2.13. The molecule has 2 fully saturated rings. The highest BCUT2D eigenvalue weighted by Crippen LogP contribution is 2.32. The van der Waals surface area contributed by atoms with Crippen LogP contribution in [0.1, 0.15) is 38.5 Å². The minimum Gasteiger partial charge on any atom is -0.481 e. The number of carbonyl (C=O) groups is 2. The van der Waals surface area contributed by atoms with Crippen LogP contribution >= 0.6 is 0 Å². The Kier molecular flexibility index (Phi) is 2.93. The first-order valence-electron chi connectivity index (χ1n) is 5.71. The van der Waals surface area contributed by atoms with Crippen LogP contribution in [0.2, 0.25) is 0 Å². The molecule has 84 valence electrons. The summed E-state index contributed by atoms with van der Waals surface area (Å²) in [7, 11) is 0. The summed E-state index contributed by atoms with van der Waals surface area (Å²) in [6.45, 7) is 0.841. The largest absolute Gasteiger partial charge is 0.481 e. The molecule has 4 heteroatoms. The third-order valence-electron chi connectivity index (χ3n) is 3.57. The van der Waals surface area contributed by atoms with E-state index < -0.39 is 5.97 Å². The topological polar surface area (TPSA) is 57.6 Å². The summed E-state index contributed by atoms with van der Waals surface area (Å²) in [5.41, 5.74) is 0. The van der Waals surface area contributed by atoms with Crippen LogP contribution in [0.4, 0.5) is 0 Å². The maximum Gasteiger partial charge on any atom is 0.303 e. The number of aliphatic carboxylic acids is 1. The van der Waals surface area contributed by atoms with Gasteiger partial charge in [-0.2, -0.15) is 0 Å². The van der Waals surface area contributed by atoms with Gasteiger partial charge >= 0.3 is 5.97 Å². The standard InChI is InChI=1S/C11H17NO3/c13-10(14)5-4-8-6-7-12(11(8)15)9-2-1-3-9/h8-9H,1-7H2,(H,13,14). The Hall–Kier alpha value is -1.06. The summed E-state index contributed by atoms with van der Waals surface area (Å²) in [4.78, 5) is 24.3. The van der Waals surface area contributed by atoms with Crippen LogP contribution in [0.15, 0.2) is 0 Å². The van der Waals surface area contributed by atoms with E-state index in [1.54, 1.807) is 0 Å². The molecule has 0 aromatic rings. The SMILES string of the molecule is O=C(O)CCC1CCN(C2CCC2)C1=O. The van der Waals surface area contributed by atoms with Gasteiger partial charge in [-0.25, -0.2) is 0 Å². The van der Waals surface area contributed by atoms with Crippen molar-refractivity contribution in [2.75, 3.05) is 6.54 Å². The molecule has 2 aliphatic rings. The van der Waals surface area contributed by atoms with Crippen LogP contribution in [-0.4, -0.2) is 34.5 Å². The highest BCUT2D eigenvalue weighted by Gasteiger charge is 2.37. The Bertz CT molecular complexity index is 273. The number of nitrogens with zero attached hydrogens (tertiary/aromatic N) is 1. The van der Waals surface area contributed by atoms with Crippen LogP contribution in [0, 0.1) is 5.92 Å². The predicted octanol–water partition coefficient (Wildman–Crippen LogP) is 1.25. The fourth-order valence-electron chi connectivity index (χ4n) is 2.39. The quantitative estimate of drug-likeness (QED) is 0.761. The van der Waals surface area contributed by atoms with Crippen molar-refractivity contribution in [2.24, 2.45) is 5.92 Å².